The number of aliphatic hydroxyl groups is 1. The van der Waals surface area contributed by atoms with E-state index in [-0.39, 0.29) is 6.61 Å². The van der Waals surface area contributed by atoms with Crippen LogP contribution in [0.2, 0.25) is 19.6 Å². The van der Waals surface area contributed by atoms with Crippen molar-refractivity contribution in [2.24, 2.45) is 11.8 Å². The van der Waals surface area contributed by atoms with E-state index in [9.17, 15) is 0 Å². The van der Waals surface area contributed by atoms with Crippen LogP contribution in [-0.2, 0) is 0 Å². The van der Waals surface area contributed by atoms with E-state index in [0.717, 1.165) is 12.8 Å². The van der Waals surface area contributed by atoms with Crippen molar-refractivity contribution < 1.29 is 5.11 Å². The average Bonchev–Trinajstić information content (AvgIpc) is 1.99. The maximum atomic E-state index is 9.15. The highest BCUT2D eigenvalue weighted by Crippen LogP contribution is 2.14. The summed E-state index contributed by atoms with van der Waals surface area (Å²) in [5, 5.41) is 9.15. The molecule has 0 bridgehead atoms. The molecule has 1 N–H and O–H groups in total. The standard InChI is InChI=1S/C12H24OSi/c1-11(2)9-12(10-13)7-6-8-14(3,4)5/h11-13H,7,9-10H2,1-5H3/t12-/m1/s1. The maximum absolute atomic E-state index is 9.15. The normalized spacial score (nSPS) is 13.6. The van der Waals surface area contributed by atoms with Gasteiger partial charge in [-0.15, -0.1) is 11.5 Å². The first-order valence-electron chi connectivity index (χ1n) is 5.46. The molecule has 0 fully saturated rings. The highest BCUT2D eigenvalue weighted by Gasteiger charge is 2.10. The molecular formula is C12H24OSi. The van der Waals surface area contributed by atoms with Crippen LogP contribution in [0.4, 0.5) is 0 Å². The fraction of sp³-hybridized carbons (Fsp3) is 0.833. The third-order valence-corrected chi connectivity index (χ3v) is 2.84. The highest BCUT2D eigenvalue weighted by molar-refractivity contribution is 6.83. The first kappa shape index (κ1) is 13.7. The zero-order valence-corrected chi connectivity index (χ0v) is 11.2. The Morgan fingerprint density at radius 3 is 2.14 bits per heavy atom. The average molecular weight is 212 g/mol. The molecule has 0 amide bonds. The van der Waals surface area contributed by atoms with Gasteiger partial charge >= 0.3 is 0 Å². The Labute approximate surface area is 89.9 Å². The largest absolute Gasteiger partial charge is 0.396 e. The van der Waals surface area contributed by atoms with Crippen molar-refractivity contribution in [2.45, 2.75) is 46.3 Å². The summed E-state index contributed by atoms with van der Waals surface area (Å²) in [4.78, 5) is 0. The lowest BCUT2D eigenvalue weighted by Gasteiger charge is -2.13. The first-order valence-corrected chi connectivity index (χ1v) is 8.96. The summed E-state index contributed by atoms with van der Waals surface area (Å²) in [5.41, 5.74) is 3.34. The van der Waals surface area contributed by atoms with E-state index in [1.165, 1.54) is 0 Å². The number of aliphatic hydroxyl groups excluding tert-OH is 1. The molecule has 82 valence electrons. The van der Waals surface area contributed by atoms with Crippen LogP contribution in [0.1, 0.15) is 26.7 Å². The van der Waals surface area contributed by atoms with Crippen LogP contribution in [0, 0.1) is 23.3 Å². The summed E-state index contributed by atoms with van der Waals surface area (Å²) in [6.45, 7) is 11.4. The Morgan fingerprint density at radius 1 is 1.21 bits per heavy atom. The lowest BCUT2D eigenvalue weighted by molar-refractivity contribution is 0.209. The third kappa shape index (κ3) is 8.34. The van der Waals surface area contributed by atoms with Gasteiger partial charge in [0.05, 0.1) is 0 Å². The molecule has 0 aromatic rings. The second-order valence-electron chi connectivity index (χ2n) is 5.43. The van der Waals surface area contributed by atoms with Crippen molar-refractivity contribution >= 4 is 8.07 Å². The summed E-state index contributed by atoms with van der Waals surface area (Å²) in [6, 6.07) is 0. The molecule has 1 nitrogen and oxygen atoms in total. The molecule has 14 heavy (non-hydrogen) atoms. The predicted molar refractivity (Wildman–Crippen MR) is 65.8 cm³/mol. The van der Waals surface area contributed by atoms with Crippen LogP contribution in [-0.4, -0.2) is 19.8 Å². The van der Waals surface area contributed by atoms with Crippen molar-refractivity contribution in [3.63, 3.8) is 0 Å². The predicted octanol–water partition coefficient (Wildman–Crippen LogP) is 2.91. The van der Waals surface area contributed by atoms with E-state index >= 15 is 0 Å². The summed E-state index contributed by atoms with van der Waals surface area (Å²) in [6.07, 6.45) is 1.94. The van der Waals surface area contributed by atoms with E-state index in [4.69, 9.17) is 5.11 Å². The summed E-state index contributed by atoms with van der Waals surface area (Å²) in [5.74, 6) is 4.26. The molecular weight excluding hydrogens is 188 g/mol. The number of rotatable bonds is 4. The molecule has 0 aliphatic rings. The topological polar surface area (TPSA) is 20.2 Å². The van der Waals surface area contributed by atoms with Crippen LogP contribution in [0.5, 0.6) is 0 Å². The van der Waals surface area contributed by atoms with Crippen molar-refractivity contribution in [1.29, 1.82) is 0 Å². The van der Waals surface area contributed by atoms with Gasteiger partial charge in [-0.1, -0.05) is 33.5 Å². The fourth-order valence-corrected chi connectivity index (χ4v) is 1.98. The van der Waals surface area contributed by atoms with E-state index in [2.05, 4.69) is 45.0 Å². The van der Waals surface area contributed by atoms with Gasteiger partial charge in [0.25, 0.3) is 0 Å². The minimum absolute atomic E-state index is 0.276. The zero-order chi connectivity index (χ0) is 11.2. The van der Waals surface area contributed by atoms with Crippen LogP contribution in [0.3, 0.4) is 0 Å². The van der Waals surface area contributed by atoms with Gasteiger partial charge in [-0.25, -0.2) is 0 Å². The Kier molecular flexibility index (Phi) is 6.15. The number of hydrogen-bond donors (Lipinski definition) is 1. The molecule has 0 saturated carbocycles. The molecule has 0 rings (SSSR count). The van der Waals surface area contributed by atoms with E-state index < -0.39 is 8.07 Å². The molecule has 0 aliphatic heterocycles. The molecule has 0 aliphatic carbocycles. The Balaban J connectivity index is 3.99. The highest BCUT2D eigenvalue weighted by atomic mass is 28.3. The van der Waals surface area contributed by atoms with Gasteiger partial charge in [0.1, 0.15) is 8.07 Å². The Bertz CT molecular complexity index is 205. The molecule has 0 aromatic carbocycles. The second-order valence-corrected chi connectivity index (χ2v) is 10.2. The van der Waals surface area contributed by atoms with Gasteiger partial charge in [-0.05, 0) is 18.3 Å². The molecule has 0 unspecified atom stereocenters. The van der Waals surface area contributed by atoms with Crippen LogP contribution < -0.4 is 0 Å². The Hall–Kier alpha value is -0.263. The summed E-state index contributed by atoms with van der Waals surface area (Å²) < 4.78 is 0. The van der Waals surface area contributed by atoms with Crippen molar-refractivity contribution in [3.05, 3.63) is 0 Å². The van der Waals surface area contributed by atoms with Gasteiger partial charge < -0.3 is 5.11 Å². The van der Waals surface area contributed by atoms with Crippen molar-refractivity contribution in [1.82, 2.24) is 0 Å². The quantitative estimate of drug-likeness (QED) is 0.561. The van der Waals surface area contributed by atoms with Crippen LogP contribution >= 0.6 is 0 Å². The van der Waals surface area contributed by atoms with Gasteiger partial charge in [-0.2, -0.15) is 0 Å². The smallest absolute Gasteiger partial charge is 0.129 e. The van der Waals surface area contributed by atoms with Crippen molar-refractivity contribution in [3.8, 4) is 11.5 Å². The number of hydrogen-bond acceptors (Lipinski definition) is 1. The van der Waals surface area contributed by atoms with Gasteiger partial charge in [0, 0.05) is 13.0 Å². The molecule has 0 heterocycles. The van der Waals surface area contributed by atoms with E-state index in [1.54, 1.807) is 0 Å². The molecule has 0 spiro atoms. The molecule has 0 aromatic heterocycles. The summed E-state index contributed by atoms with van der Waals surface area (Å²) in [7, 11) is -1.22. The molecule has 0 saturated heterocycles. The third-order valence-electron chi connectivity index (χ3n) is 1.92. The fourth-order valence-electron chi connectivity index (χ4n) is 1.35. The van der Waals surface area contributed by atoms with Gasteiger partial charge in [-0.3, -0.25) is 0 Å². The maximum Gasteiger partial charge on any atom is 0.129 e. The second kappa shape index (κ2) is 6.26. The molecule has 0 radical (unpaired) electrons. The SMILES string of the molecule is CC(C)C[C@H](CO)CC#C[Si](C)(C)C. The lowest BCUT2D eigenvalue weighted by Crippen LogP contribution is -2.17. The van der Waals surface area contributed by atoms with Crippen LogP contribution in [0.25, 0.3) is 0 Å². The minimum atomic E-state index is -1.22. The van der Waals surface area contributed by atoms with Gasteiger partial charge in [0.15, 0.2) is 0 Å². The molecule has 1 atom stereocenters. The van der Waals surface area contributed by atoms with Crippen molar-refractivity contribution in [2.75, 3.05) is 6.61 Å². The summed E-state index contributed by atoms with van der Waals surface area (Å²) >= 11 is 0. The van der Waals surface area contributed by atoms with E-state index in [1.807, 2.05) is 0 Å². The zero-order valence-electron chi connectivity index (χ0n) is 10.2. The van der Waals surface area contributed by atoms with Gasteiger partial charge in [0.2, 0.25) is 0 Å². The lowest BCUT2D eigenvalue weighted by atomic mass is 9.95. The van der Waals surface area contributed by atoms with E-state index in [0.29, 0.717) is 11.8 Å². The first-order chi connectivity index (χ1) is 6.35. The molecule has 2 heteroatoms. The minimum Gasteiger partial charge on any atom is -0.396 e. The van der Waals surface area contributed by atoms with Crippen LogP contribution in [0.15, 0.2) is 0 Å². The Morgan fingerprint density at radius 2 is 1.79 bits per heavy atom. The monoisotopic (exact) mass is 212 g/mol.